The number of nitrogens with zero attached hydrogens (tertiary/aromatic N) is 4. The van der Waals surface area contributed by atoms with E-state index in [4.69, 9.17) is 27.1 Å². The molecule has 4 heterocycles. The van der Waals surface area contributed by atoms with Gasteiger partial charge in [-0.2, -0.15) is 0 Å². The van der Waals surface area contributed by atoms with E-state index in [1.807, 2.05) is 0 Å². The van der Waals surface area contributed by atoms with E-state index in [0.717, 1.165) is 24.3 Å². The minimum absolute atomic E-state index is 0.270. The third kappa shape index (κ3) is 11.1. The summed E-state index contributed by atoms with van der Waals surface area (Å²) in [4.78, 5) is 142. The Labute approximate surface area is 374 Å². The van der Waals surface area contributed by atoms with Crippen LogP contribution in [0.2, 0.25) is 0 Å². The van der Waals surface area contributed by atoms with Crippen LogP contribution in [0.3, 0.4) is 0 Å². The van der Waals surface area contributed by atoms with Gasteiger partial charge in [0.1, 0.15) is 0 Å². The molecule has 0 spiro atoms. The van der Waals surface area contributed by atoms with Gasteiger partial charge in [0.15, 0.2) is 0 Å². The van der Waals surface area contributed by atoms with Crippen molar-refractivity contribution in [2.75, 3.05) is 52.9 Å². The number of benzene rings is 2. The number of aliphatic hydroxyl groups excluding tert-OH is 2. The Hall–Kier alpha value is -4.75. The van der Waals surface area contributed by atoms with E-state index in [0.29, 0.717) is 31.1 Å². The SMILES string of the molecule is CCC(CO)COP(=O)([O-])OCCn1c(=O)c2cc3c(=O)n(CCOP(=O)([O-])OCCn4c(=O)c5cc6c(=O)n(CCOP(=O)([O-])OCC(CC)CO)c(=O)c6cc5c4=O)c(=O)c3cc2c1=O. The van der Waals surface area contributed by atoms with Gasteiger partial charge in [0.25, 0.3) is 67.9 Å². The summed E-state index contributed by atoms with van der Waals surface area (Å²) in [6, 6.07) is 4.01. The first-order chi connectivity index (χ1) is 31.6. The van der Waals surface area contributed by atoms with Crippen LogP contribution in [0.5, 0.6) is 0 Å². The monoisotopic (exact) mass is 999 g/mol. The smallest absolute Gasteiger partial charge is 0.267 e. The highest BCUT2D eigenvalue weighted by molar-refractivity contribution is 7.46. The highest BCUT2D eigenvalue weighted by atomic mass is 31.2. The van der Waals surface area contributed by atoms with Gasteiger partial charge in [0.2, 0.25) is 0 Å². The van der Waals surface area contributed by atoms with Gasteiger partial charge in [-0.15, -0.1) is 0 Å². The van der Waals surface area contributed by atoms with Gasteiger partial charge < -0.3 is 52.0 Å². The molecule has 0 fully saturated rings. The topological polar surface area (TPSA) is 373 Å². The predicted octanol–water partition coefficient (Wildman–Crippen LogP) is -2.62. The molecule has 26 nitrogen and oxygen atoms in total. The number of fused-ring (bicyclic) bond motifs is 4. The molecule has 2 aromatic carbocycles. The lowest BCUT2D eigenvalue weighted by Crippen LogP contribution is -2.29. The van der Waals surface area contributed by atoms with E-state index in [1.165, 1.54) is 0 Å². The van der Waals surface area contributed by atoms with E-state index in [-0.39, 0.29) is 69.5 Å². The summed E-state index contributed by atoms with van der Waals surface area (Å²) in [6.07, 6.45) is 0.848. The van der Waals surface area contributed by atoms with Crippen molar-refractivity contribution in [2.45, 2.75) is 52.9 Å². The molecule has 6 rings (SSSR count). The summed E-state index contributed by atoms with van der Waals surface area (Å²) >= 11 is 0. The molecule has 6 aromatic rings. The first-order valence-corrected chi connectivity index (χ1v) is 24.8. The van der Waals surface area contributed by atoms with Crippen molar-refractivity contribution in [3.05, 3.63) is 107 Å². The Balaban J connectivity index is 1.06. The van der Waals surface area contributed by atoms with Crippen molar-refractivity contribution in [1.29, 1.82) is 0 Å². The quantitative estimate of drug-likeness (QED) is 0.0525. The standard InChI is InChI=1S/C38H45N4O22P3/c1-3-21(17-43)19-63-66(55,56)61-11-7-41-35(49)27-13-23-24(14-28(27)36(41)50)32(46)39(31(23)45)5-9-59-65(53,54)60-10-6-40-33(47)25-15-29-30(16-26(25)34(40)48)38(52)42(37(29)51)8-12-62-67(57,58)64-20-22(4-2)18-44/h13-16,21-22,43-44H,3-12,17-20H2,1-2H3,(H,53,54)(H,55,56)(H,57,58)/p-3. The maximum Gasteiger partial charge on any atom is 0.267 e. The summed E-state index contributed by atoms with van der Waals surface area (Å²) in [5, 5.41) is 16.2. The van der Waals surface area contributed by atoms with Gasteiger partial charge in [-0.25, -0.2) is 0 Å². The maximum atomic E-state index is 13.2. The summed E-state index contributed by atoms with van der Waals surface area (Å²) in [7, 11) is -15.0. The molecular formula is C38H42N4O22P3-3. The second-order valence-corrected chi connectivity index (χ2v) is 19.3. The van der Waals surface area contributed by atoms with Crippen molar-refractivity contribution in [1.82, 2.24) is 18.3 Å². The summed E-state index contributed by atoms with van der Waals surface area (Å²) in [5.74, 6) is -0.933. The van der Waals surface area contributed by atoms with Crippen LogP contribution < -0.4 is 59.2 Å². The van der Waals surface area contributed by atoms with Crippen LogP contribution in [-0.2, 0) is 67.0 Å². The number of aromatic nitrogens is 4. The first kappa shape index (κ1) is 51.6. The molecule has 67 heavy (non-hydrogen) atoms. The largest absolute Gasteiger partial charge is 0.756 e. The van der Waals surface area contributed by atoms with Crippen LogP contribution in [0, 0.1) is 11.8 Å². The van der Waals surface area contributed by atoms with E-state index >= 15 is 0 Å². The molecular weight excluding hydrogens is 957 g/mol. The van der Waals surface area contributed by atoms with Crippen LogP contribution >= 0.6 is 23.5 Å². The lowest BCUT2D eigenvalue weighted by molar-refractivity contribution is -0.228. The van der Waals surface area contributed by atoms with Crippen molar-refractivity contribution < 1.29 is 65.7 Å². The zero-order chi connectivity index (χ0) is 49.2. The number of rotatable bonds is 26. The fraction of sp³-hybridized carbons (Fsp3) is 0.474. The van der Waals surface area contributed by atoms with Crippen molar-refractivity contribution >= 4 is 66.6 Å². The molecule has 29 heteroatoms. The molecule has 364 valence electrons. The normalized spacial score (nSPS) is 16.0. The van der Waals surface area contributed by atoms with Gasteiger partial charge in [0, 0.05) is 25.0 Å². The summed E-state index contributed by atoms with van der Waals surface area (Å²) < 4.78 is 67.7. The van der Waals surface area contributed by atoms with Gasteiger partial charge in [0.05, 0.1) is 109 Å². The minimum Gasteiger partial charge on any atom is -0.756 e. The Morgan fingerprint density at radius 1 is 0.418 bits per heavy atom. The van der Waals surface area contributed by atoms with Crippen molar-refractivity contribution in [3.8, 4) is 0 Å². The molecule has 4 unspecified atom stereocenters. The molecule has 0 radical (unpaired) electrons. The average molecular weight is 1000 g/mol. The number of phosphoric acid groups is 3. The zero-order valence-electron chi connectivity index (χ0n) is 35.6. The van der Waals surface area contributed by atoms with Crippen molar-refractivity contribution in [2.24, 2.45) is 11.8 Å². The Kier molecular flexibility index (Phi) is 16.1. The Bertz CT molecular complexity index is 3030. The third-order valence-electron chi connectivity index (χ3n) is 11.0. The van der Waals surface area contributed by atoms with Crippen LogP contribution in [0.4, 0.5) is 0 Å². The van der Waals surface area contributed by atoms with E-state index in [1.54, 1.807) is 13.8 Å². The van der Waals surface area contributed by atoms with Crippen LogP contribution in [-0.4, -0.2) is 81.3 Å². The Morgan fingerprint density at radius 3 is 0.791 bits per heavy atom. The number of aliphatic hydroxyl groups is 2. The van der Waals surface area contributed by atoms with Crippen molar-refractivity contribution in [3.63, 3.8) is 0 Å². The Morgan fingerprint density at radius 2 is 0.612 bits per heavy atom. The highest BCUT2D eigenvalue weighted by Crippen LogP contribution is 2.40. The zero-order valence-corrected chi connectivity index (χ0v) is 38.2. The molecule has 4 atom stereocenters. The van der Waals surface area contributed by atoms with Crippen LogP contribution in [0.1, 0.15) is 26.7 Å². The molecule has 0 aliphatic heterocycles. The molecule has 0 aliphatic carbocycles. The van der Waals surface area contributed by atoms with Gasteiger partial charge in [-0.1, -0.05) is 13.8 Å². The van der Waals surface area contributed by atoms with Gasteiger partial charge in [-0.05, 0) is 37.1 Å². The third-order valence-corrected chi connectivity index (χ3v) is 13.9. The van der Waals surface area contributed by atoms with Gasteiger partial charge in [-0.3, -0.25) is 70.3 Å². The molecule has 0 saturated heterocycles. The summed E-state index contributed by atoms with van der Waals surface area (Å²) in [5.41, 5.74) is -7.54. The lowest BCUT2D eigenvalue weighted by Gasteiger charge is -2.24. The van der Waals surface area contributed by atoms with E-state index < -0.39 is 132 Å². The molecule has 4 aromatic heterocycles. The molecule has 0 aliphatic rings. The predicted molar refractivity (Wildman–Crippen MR) is 230 cm³/mol. The summed E-state index contributed by atoms with van der Waals surface area (Å²) in [6.45, 7) is -3.36. The van der Waals surface area contributed by atoms with Crippen LogP contribution in [0.25, 0.3) is 43.1 Å². The highest BCUT2D eigenvalue weighted by Gasteiger charge is 2.23. The van der Waals surface area contributed by atoms with Gasteiger partial charge >= 0.3 is 0 Å². The number of hydrogen-bond acceptors (Lipinski definition) is 22. The number of phosphoric ester groups is 3. The molecule has 2 N–H and O–H groups in total. The number of hydrogen-bond donors (Lipinski definition) is 2. The van der Waals surface area contributed by atoms with E-state index in [9.17, 15) is 76.9 Å². The fourth-order valence-corrected chi connectivity index (χ4v) is 9.27. The minimum atomic E-state index is -5.23. The second-order valence-electron chi connectivity index (χ2n) is 15.1. The second kappa shape index (κ2) is 20.9. The van der Waals surface area contributed by atoms with E-state index in [2.05, 4.69) is 0 Å². The lowest BCUT2D eigenvalue weighted by atomic mass is 10.1. The maximum absolute atomic E-state index is 13.2. The molecule has 0 saturated carbocycles. The average Bonchev–Trinajstić information content (AvgIpc) is 3.85. The first-order valence-electron chi connectivity index (χ1n) is 20.4. The molecule has 0 bridgehead atoms. The van der Waals surface area contributed by atoms with Crippen LogP contribution in [0.15, 0.2) is 62.6 Å². The molecule has 0 amide bonds. The fourth-order valence-electron chi connectivity index (χ4n) is 7.04.